The van der Waals surface area contributed by atoms with E-state index in [9.17, 15) is 4.79 Å². The second-order valence-electron chi connectivity index (χ2n) is 7.78. The summed E-state index contributed by atoms with van der Waals surface area (Å²) in [6, 6.07) is 17.8. The van der Waals surface area contributed by atoms with Crippen molar-refractivity contribution in [2.45, 2.75) is 46.7 Å². The smallest absolute Gasteiger partial charge is 0.228 e. The lowest BCUT2D eigenvalue weighted by Gasteiger charge is -2.21. The van der Waals surface area contributed by atoms with Gasteiger partial charge in [0.1, 0.15) is 0 Å². The zero-order valence-electron chi connectivity index (χ0n) is 17.4. The van der Waals surface area contributed by atoms with Gasteiger partial charge >= 0.3 is 0 Å². The Morgan fingerprint density at radius 1 is 1.07 bits per heavy atom. The van der Waals surface area contributed by atoms with Crippen molar-refractivity contribution in [2.75, 3.05) is 0 Å². The summed E-state index contributed by atoms with van der Waals surface area (Å²) in [5, 5.41) is 8.48. The Balaban J connectivity index is 1.73. The van der Waals surface area contributed by atoms with Crippen LogP contribution < -0.4 is 5.32 Å². The van der Waals surface area contributed by atoms with Gasteiger partial charge in [-0.05, 0) is 43.0 Å². The van der Waals surface area contributed by atoms with Gasteiger partial charge < -0.3 is 5.32 Å². The van der Waals surface area contributed by atoms with E-state index < -0.39 is 0 Å². The molecule has 1 amide bonds. The third-order valence-electron chi connectivity index (χ3n) is 5.32. The molecule has 1 atom stereocenters. The fourth-order valence-corrected chi connectivity index (χ4v) is 3.82. The number of rotatable bonds is 7. The van der Waals surface area contributed by atoms with Gasteiger partial charge in [0, 0.05) is 22.8 Å². The summed E-state index contributed by atoms with van der Waals surface area (Å²) in [7, 11) is 0. The standard InChI is InChI=1S/C24H28ClN3O/c1-16(2)23(20-10-12-21(25)13-11-20)24(29)26-14-22-17(3)27-28(18(22)4)15-19-8-6-5-7-9-19/h5-13,16,23H,14-15H2,1-4H3,(H,26,29)/t23-/m1/s1. The van der Waals surface area contributed by atoms with Crippen LogP contribution in [0.5, 0.6) is 0 Å². The summed E-state index contributed by atoms with van der Waals surface area (Å²) in [5.41, 5.74) is 5.30. The SMILES string of the molecule is Cc1nn(Cc2ccccc2)c(C)c1CNC(=O)[C@@H](c1ccc(Cl)cc1)C(C)C. The number of carbonyl (C=O) groups is 1. The molecule has 0 aliphatic rings. The lowest BCUT2D eigenvalue weighted by atomic mass is 9.87. The normalized spacial score (nSPS) is 12.2. The maximum Gasteiger partial charge on any atom is 0.228 e. The molecule has 0 saturated heterocycles. The molecule has 5 heteroatoms. The van der Waals surface area contributed by atoms with Crippen LogP contribution in [0.3, 0.4) is 0 Å². The molecule has 1 aromatic heterocycles. The van der Waals surface area contributed by atoms with E-state index in [4.69, 9.17) is 11.6 Å². The summed E-state index contributed by atoms with van der Waals surface area (Å²) in [6.45, 7) is 9.38. The minimum atomic E-state index is -0.216. The molecule has 4 nitrogen and oxygen atoms in total. The lowest BCUT2D eigenvalue weighted by Crippen LogP contribution is -2.32. The van der Waals surface area contributed by atoms with Crippen molar-refractivity contribution in [1.29, 1.82) is 0 Å². The topological polar surface area (TPSA) is 46.9 Å². The second kappa shape index (κ2) is 9.27. The second-order valence-corrected chi connectivity index (χ2v) is 8.22. The number of benzene rings is 2. The molecule has 29 heavy (non-hydrogen) atoms. The van der Waals surface area contributed by atoms with Crippen LogP contribution in [-0.2, 0) is 17.9 Å². The quantitative estimate of drug-likeness (QED) is 0.578. The first-order valence-electron chi connectivity index (χ1n) is 9.96. The molecule has 152 valence electrons. The van der Waals surface area contributed by atoms with Crippen LogP contribution in [0.25, 0.3) is 0 Å². The Bertz CT molecular complexity index is 962. The third-order valence-corrected chi connectivity index (χ3v) is 5.58. The fourth-order valence-electron chi connectivity index (χ4n) is 3.69. The van der Waals surface area contributed by atoms with Gasteiger partial charge in [-0.15, -0.1) is 0 Å². The van der Waals surface area contributed by atoms with Gasteiger partial charge in [0.2, 0.25) is 5.91 Å². The highest BCUT2D eigenvalue weighted by molar-refractivity contribution is 6.30. The predicted octanol–water partition coefficient (Wildman–Crippen LogP) is 5.26. The molecule has 0 fully saturated rings. The van der Waals surface area contributed by atoms with Crippen LogP contribution in [0.15, 0.2) is 54.6 Å². The van der Waals surface area contributed by atoms with Crippen LogP contribution in [0.1, 0.15) is 47.8 Å². The van der Waals surface area contributed by atoms with E-state index in [1.807, 2.05) is 54.1 Å². The molecule has 0 aliphatic carbocycles. The first kappa shape index (κ1) is 21.1. The minimum Gasteiger partial charge on any atom is -0.351 e. The highest BCUT2D eigenvalue weighted by atomic mass is 35.5. The molecule has 3 rings (SSSR count). The van der Waals surface area contributed by atoms with Gasteiger partial charge in [0.15, 0.2) is 0 Å². The Hall–Kier alpha value is -2.59. The monoisotopic (exact) mass is 409 g/mol. The molecule has 0 radical (unpaired) electrons. The summed E-state index contributed by atoms with van der Waals surface area (Å²) in [4.78, 5) is 13.0. The average Bonchev–Trinajstić information content (AvgIpc) is 2.95. The van der Waals surface area contributed by atoms with Crippen molar-refractivity contribution >= 4 is 17.5 Å². The van der Waals surface area contributed by atoms with E-state index in [0.717, 1.165) is 29.1 Å². The first-order valence-corrected chi connectivity index (χ1v) is 10.3. The van der Waals surface area contributed by atoms with E-state index in [2.05, 4.69) is 43.3 Å². The van der Waals surface area contributed by atoms with Gasteiger partial charge in [-0.2, -0.15) is 5.10 Å². The molecule has 2 aromatic carbocycles. The number of amides is 1. The number of carbonyl (C=O) groups excluding carboxylic acids is 1. The summed E-state index contributed by atoms with van der Waals surface area (Å²) in [6.07, 6.45) is 0. The van der Waals surface area contributed by atoms with Crippen LogP contribution in [0, 0.1) is 19.8 Å². The lowest BCUT2D eigenvalue weighted by molar-refractivity contribution is -0.123. The maximum atomic E-state index is 13.0. The predicted molar refractivity (Wildman–Crippen MR) is 118 cm³/mol. The van der Waals surface area contributed by atoms with Gasteiger partial charge in [0.05, 0.1) is 18.2 Å². The van der Waals surface area contributed by atoms with Crippen LogP contribution >= 0.6 is 11.6 Å². The van der Waals surface area contributed by atoms with E-state index in [1.165, 1.54) is 5.56 Å². The molecule has 0 saturated carbocycles. The molecule has 3 aromatic rings. The Morgan fingerprint density at radius 3 is 2.34 bits per heavy atom. The summed E-state index contributed by atoms with van der Waals surface area (Å²) < 4.78 is 2.01. The molecule has 0 unspecified atom stereocenters. The van der Waals surface area contributed by atoms with E-state index >= 15 is 0 Å². The Labute approximate surface area is 177 Å². The van der Waals surface area contributed by atoms with Crippen molar-refractivity contribution in [3.05, 3.63) is 87.7 Å². The highest BCUT2D eigenvalue weighted by Crippen LogP contribution is 2.26. The molecular weight excluding hydrogens is 382 g/mol. The number of aryl methyl sites for hydroxylation is 1. The van der Waals surface area contributed by atoms with Gasteiger partial charge in [-0.25, -0.2) is 0 Å². The number of nitrogens with zero attached hydrogens (tertiary/aromatic N) is 2. The number of nitrogens with one attached hydrogen (secondary N) is 1. The fraction of sp³-hybridized carbons (Fsp3) is 0.333. The Kier molecular flexibility index (Phi) is 6.75. The van der Waals surface area contributed by atoms with Gasteiger partial charge in [0.25, 0.3) is 0 Å². The van der Waals surface area contributed by atoms with Crippen LogP contribution in [0.2, 0.25) is 5.02 Å². The van der Waals surface area contributed by atoms with Gasteiger partial charge in [-0.1, -0.05) is 67.9 Å². The van der Waals surface area contributed by atoms with Crippen LogP contribution in [0.4, 0.5) is 0 Å². The van der Waals surface area contributed by atoms with Gasteiger partial charge in [-0.3, -0.25) is 9.48 Å². The van der Waals surface area contributed by atoms with Crippen molar-refractivity contribution in [3.8, 4) is 0 Å². The van der Waals surface area contributed by atoms with E-state index in [-0.39, 0.29) is 17.7 Å². The summed E-state index contributed by atoms with van der Waals surface area (Å²) in [5.74, 6) is -0.0108. The molecular formula is C24H28ClN3O. The first-order chi connectivity index (χ1) is 13.9. The molecule has 0 bridgehead atoms. The zero-order chi connectivity index (χ0) is 21.0. The number of hydrogen-bond donors (Lipinski definition) is 1. The van der Waals surface area contributed by atoms with E-state index in [1.54, 1.807) is 0 Å². The molecule has 1 N–H and O–H groups in total. The van der Waals surface area contributed by atoms with Crippen molar-refractivity contribution in [1.82, 2.24) is 15.1 Å². The number of aromatic nitrogens is 2. The largest absolute Gasteiger partial charge is 0.351 e. The van der Waals surface area contributed by atoms with E-state index in [0.29, 0.717) is 11.6 Å². The van der Waals surface area contributed by atoms with Crippen molar-refractivity contribution in [3.63, 3.8) is 0 Å². The zero-order valence-corrected chi connectivity index (χ0v) is 18.2. The Morgan fingerprint density at radius 2 is 1.72 bits per heavy atom. The maximum absolute atomic E-state index is 13.0. The van der Waals surface area contributed by atoms with Crippen LogP contribution in [-0.4, -0.2) is 15.7 Å². The molecule has 0 aliphatic heterocycles. The van der Waals surface area contributed by atoms with Crippen molar-refractivity contribution in [2.24, 2.45) is 5.92 Å². The highest BCUT2D eigenvalue weighted by Gasteiger charge is 2.24. The number of halogens is 1. The van der Waals surface area contributed by atoms with Crippen molar-refractivity contribution < 1.29 is 4.79 Å². The minimum absolute atomic E-state index is 0.0249. The third kappa shape index (κ3) is 5.07. The summed E-state index contributed by atoms with van der Waals surface area (Å²) >= 11 is 6.00. The molecule has 1 heterocycles. The average molecular weight is 410 g/mol. The number of hydrogen-bond acceptors (Lipinski definition) is 2. The molecule has 0 spiro atoms.